The van der Waals surface area contributed by atoms with Crippen molar-refractivity contribution in [3.63, 3.8) is 0 Å². The van der Waals surface area contributed by atoms with E-state index in [0.717, 1.165) is 24.4 Å². The standard InChI is InChI=1S/C12H15F2NOS/c1-15(2)5-6-17-8-12(16)9-3-4-10(13)11(14)7-9/h3-4,7H,5-6,8H2,1-2H3. The summed E-state index contributed by atoms with van der Waals surface area (Å²) in [5.41, 5.74) is 0.223. The Balaban J connectivity index is 2.44. The van der Waals surface area contributed by atoms with Crippen molar-refractivity contribution in [2.24, 2.45) is 0 Å². The number of benzene rings is 1. The number of rotatable bonds is 6. The van der Waals surface area contributed by atoms with E-state index in [1.165, 1.54) is 17.8 Å². The van der Waals surface area contributed by atoms with Crippen LogP contribution in [0.5, 0.6) is 0 Å². The first-order valence-electron chi connectivity index (χ1n) is 5.21. The Morgan fingerprint density at radius 2 is 2.00 bits per heavy atom. The largest absolute Gasteiger partial charge is 0.309 e. The molecule has 0 spiro atoms. The zero-order valence-electron chi connectivity index (χ0n) is 9.87. The molecule has 2 nitrogen and oxygen atoms in total. The fourth-order valence-electron chi connectivity index (χ4n) is 1.16. The smallest absolute Gasteiger partial charge is 0.172 e. The summed E-state index contributed by atoms with van der Waals surface area (Å²) in [4.78, 5) is 13.7. The van der Waals surface area contributed by atoms with Crippen molar-refractivity contribution in [3.05, 3.63) is 35.4 Å². The van der Waals surface area contributed by atoms with Crippen molar-refractivity contribution < 1.29 is 13.6 Å². The molecule has 5 heteroatoms. The van der Waals surface area contributed by atoms with Gasteiger partial charge in [0.2, 0.25) is 0 Å². The van der Waals surface area contributed by atoms with Crippen molar-refractivity contribution >= 4 is 17.5 Å². The number of carbonyl (C=O) groups is 1. The topological polar surface area (TPSA) is 20.3 Å². The first kappa shape index (κ1) is 14.1. The van der Waals surface area contributed by atoms with Crippen LogP contribution in [0.2, 0.25) is 0 Å². The maximum Gasteiger partial charge on any atom is 0.172 e. The summed E-state index contributed by atoms with van der Waals surface area (Å²) in [5, 5.41) is 0. The van der Waals surface area contributed by atoms with E-state index < -0.39 is 11.6 Å². The van der Waals surface area contributed by atoms with E-state index in [1.807, 2.05) is 19.0 Å². The molecule has 0 saturated carbocycles. The molecule has 0 N–H and O–H groups in total. The molecule has 0 atom stereocenters. The number of hydrogen-bond acceptors (Lipinski definition) is 3. The molecule has 0 saturated heterocycles. The van der Waals surface area contributed by atoms with E-state index in [1.54, 1.807) is 0 Å². The Labute approximate surface area is 104 Å². The lowest BCUT2D eigenvalue weighted by Gasteiger charge is -2.08. The summed E-state index contributed by atoms with van der Waals surface area (Å²) in [7, 11) is 3.91. The normalized spacial score (nSPS) is 10.9. The predicted octanol–water partition coefficient (Wildman–Crippen LogP) is 2.44. The number of Topliss-reactive ketones (excluding diaryl/α,β-unsaturated/α-hetero) is 1. The molecule has 94 valence electrons. The fraction of sp³-hybridized carbons (Fsp3) is 0.417. The second kappa shape index (κ2) is 6.71. The van der Waals surface area contributed by atoms with Crippen LogP contribution in [-0.4, -0.2) is 42.8 Å². The van der Waals surface area contributed by atoms with Gasteiger partial charge in [0.05, 0.1) is 5.75 Å². The highest BCUT2D eigenvalue weighted by atomic mass is 32.2. The Morgan fingerprint density at radius 1 is 1.29 bits per heavy atom. The third-order valence-electron chi connectivity index (χ3n) is 2.16. The van der Waals surface area contributed by atoms with E-state index in [2.05, 4.69) is 0 Å². The van der Waals surface area contributed by atoms with Gasteiger partial charge in [-0.25, -0.2) is 8.78 Å². The van der Waals surface area contributed by atoms with Gasteiger partial charge >= 0.3 is 0 Å². The van der Waals surface area contributed by atoms with E-state index in [4.69, 9.17) is 0 Å². The Morgan fingerprint density at radius 3 is 2.59 bits per heavy atom. The van der Waals surface area contributed by atoms with Gasteiger partial charge < -0.3 is 4.90 Å². The minimum absolute atomic E-state index is 0.173. The van der Waals surface area contributed by atoms with Gasteiger partial charge in [-0.2, -0.15) is 11.8 Å². The third-order valence-corrected chi connectivity index (χ3v) is 3.10. The Bertz CT molecular complexity index is 396. The van der Waals surface area contributed by atoms with Crippen LogP contribution in [0.15, 0.2) is 18.2 Å². The monoisotopic (exact) mass is 259 g/mol. The molecule has 0 fully saturated rings. The molecule has 0 bridgehead atoms. The molecule has 0 heterocycles. The molecule has 0 radical (unpaired) electrons. The molecular formula is C12H15F2NOS. The zero-order chi connectivity index (χ0) is 12.8. The van der Waals surface area contributed by atoms with Gasteiger partial charge in [-0.05, 0) is 32.3 Å². The first-order chi connectivity index (χ1) is 8.00. The summed E-state index contributed by atoms with van der Waals surface area (Å²) < 4.78 is 25.6. The highest BCUT2D eigenvalue weighted by Gasteiger charge is 2.09. The highest BCUT2D eigenvalue weighted by Crippen LogP contribution is 2.12. The maximum absolute atomic E-state index is 12.9. The van der Waals surface area contributed by atoms with Crippen LogP contribution in [0.3, 0.4) is 0 Å². The van der Waals surface area contributed by atoms with Crippen LogP contribution in [0.4, 0.5) is 8.78 Å². The van der Waals surface area contributed by atoms with Crippen LogP contribution in [0, 0.1) is 11.6 Å². The average Bonchev–Trinajstić information content (AvgIpc) is 2.27. The molecular weight excluding hydrogens is 244 g/mol. The number of nitrogens with zero attached hydrogens (tertiary/aromatic N) is 1. The van der Waals surface area contributed by atoms with E-state index in [0.29, 0.717) is 5.75 Å². The van der Waals surface area contributed by atoms with Gasteiger partial charge in [0, 0.05) is 17.9 Å². The lowest BCUT2D eigenvalue weighted by molar-refractivity contribution is 0.102. The van der Waals surface area contributed by atoms with Crippen LogP contribution in [-0.2, 0) is 0 Å². The molecule has 17 heavy (non-hydrogen) atoms. The minimum atomic E-state index is -0.978. The average molecular weight is 259 g/mol. The predicted molar refractivity (Wildman–Crippen MR) is 66.6 cm³/mol. The van der Waals surface area contributed by atoms with Gasteiger partial charge in [0.25, 0.3) is 0 Å². The lowest BCUT2D eigenvalue weighted by Crippen LogP contribution is -2.15. The van der Waals surface area contributed by atoms with E-state index in [-0.39, 0.29) is 11.3 Å². The number of thioether (sulfide) groups is 1. The summed E-state index contributed by atoms with van der Waals surface area (Å²) >= 11 is 1.49. The lowest BCUT2D eigenvalue weighted by atomic mass is 10.1. The van der Waals surface area contributed by atoms with E-state index in [9.17, 15) is 13.6 Å². The van der Waals surface area contributed by atoms with Crippen molar-refractivity contribution in [1.29, 1.82) is 0 Å². The Kier molecular flexibility index (Phi) is 5.58. The summed E-state index contributed by atoms with van der Waals surface area (Å²) in [6, 6.07) is 3.24. The molecule has 0 aliphatic rings. The highest BCUT2D eigenvalue weighted by molar-refractivity contribution is 8.00. The van der Waals surface area contributed by atoms with Crippen LogP contribution >= 0.6 is 11.8 Å². The molecule has 0 unspecified atom stereocenters. The van der Waals surface area contributed by atoms with Crippen molar-refractivity contribution in [3.8, 4) is 0 Å². The van der Waals surface area contributed by atoms with Crippen LogP contribution < -0.4 is 0 Å². The molecule has 1 rings (SSSR count). The van der Waals surface area contributed by atoms with Gasteiger partial charge in [0.15, 0.2) is 17.4 Å². The maximum atomic E-state index is 12.9. The van der Waals surface area contributed by atoms with Gasteiger partial charge in [-0.15, -0.1) is 0 Å². The molecule has 1 aromatic carbocycles. The zero-order valence-corrected chi connectivity index (χ0v) is 10.7. The number of halogens is 2. The first-order valence-corrected chi connectivity index (χ1v) is 6.37. The van der Waals surface area contributed by atoms with E-state index >= 15 is 0 Å². The number of carbonyl (C=O) groups excluding carboxylic acids is 1. The van der Waals surface area contributed by atoms with Crippen molar-refractivity contribution in [1.82, 2.24) is 4.90 Å². The van der Waals surface area contributed by atoms with Gasteiger partial charge in [-0.1, -0.05) is 0 Å². The molecule has 0 aliphatic heterocycles. The summed E-state index contributed by atoms with van der Waals surface area (Å²) in [6.45, 7) is 0.885. The van der Waals surface area contributed by atoms with Crippen molar-refractivity contribution in [2.45, 2.75) is 0 Å². The molecule has 1 aromatic rings. The second-order valence-corrected chi connectivity index (χ2v) is 5.01. The second-order valence-electron chi connectivity index (χ2n) is 3.91. The van der Waals surface area contributed by atoms with Gasteiger partial charge in [0.1, 0.15) is 0 Å². The van der Waals surface area contributed by atoms with Crippen LogP contribution in [0.25, 0.3) is 0 Å². The van der Waals surface area contributed by atoms with Crippen LogP contribution in [0.1, 0.15) is 10.4 Å². The summed E-state index contributed by atoms with van der Waals surface area (Å²) in [6.07, 6.45) is 0. The quantitative estimate of drug-likeness (QED) is 0.578. The summed E-state index contributed by atoms with van der Waals surface area (Å²) in [5.74, 6) is -0.954. The molecule has 0 aliphatic carbocycles. The van der Waals surface area contributed by atoms with Gasteiger partial charge in [-0.3, -0.25) is 4.79 Å². The SMILES string of the molecule is CN(C)CCSCC(=O)c1ccc(F)c(F)c1. The fourth-order valence-corrected chi connectivity index (χ4v) is 2.16. The molecule has 0 amide bonds. The minimum Gasteiger partial charge on any atom is -0.309 e. The molecule has 0 aromatic heterocycles. The number of ketones is 1. The van der Waals surface area contributed by atoms with Crippen molar-refractivity contribution in [2.75, 3.05) is 32.1 Å². The Hall–Kier alpha value is -0.940. The number of hydrogen-bond donors (Lipinski definition) is 0. The third kappa shape index (κ3) is 4.83.